The summed E-state index contributed by atoms with van der Waals surface area (Å²) in [5.74, 6) is 1.25. The maximum Gasteiger partial charge on any atom is 0.429 e. The van der Waals surface area contributed by atoms with Crippen LogP contribution in [0.1, 0.15) is 20.3 Å². The van der Waals surface area contributed by atoms with Gasteiger partial charge in [-0.3, -0.25) is 0 Å². The largest absolute Gasteiger partial charge is 0.448 e. The molecule has 2 saturated carbocycles. The normalized spacial score (nSPS) is 36.6. The average molecular weight is 280 g/mol. The highest BCUT2D eigenvalue weighted by Crippen LogP contribution is 2.64. The molecule has 3 rings (SSSR count). The molecule has 6 nitrogen and oxygen atoms in total. The van der Waals surface area contributed by atoms with Gasteiger partial charge in [-0.1, -0.05) is 6.08 Å². The van der Waals surface area contributed by atoms with Gasteiger partial charge >= 0.3 is 12.2 Å². The minimum atomic E-state index is -0.457. The van der Waals surface area contributed by atoms with Crippen LogP contribution in [0.5, 0.6) is 0 Å². The number of amides is 2. The Kier molecular flexibility index (Phi) is 3.11. The number of hydrogen-bond acceptors (Lipinski definition) is 4. The van der Waals surface area contributed by atoms with Crippen LogP contribution >= 0.6 is 0 Å². The van der Waals surface area contributed by atoms with Gasteiger partial charge in [0.1, 0.15) is 0 Å². The van der Waals surface area contributed by atoms with E-state index in [1.54, 1.807) is 13.8 Å². The van der Waals surface area contributed by atoms with Crippen molar-refractivity contribution in [1.82, 2.24) is 10.0 Å². The van der Waals surface area contributed by atoms with Gasteiger partial charge in [0.25, 0.3) is 0 Å². The fourth-order valence-corrected chi connectivity index (χ4v) is 3.96. The van der Waals surface area contributed by atoms with Crippen LogP contribution in [0.2, 0.25) is 0 Å². The Morgan fingerprint density at radius 3 is 1.90 bits per heavy atom. The predicted molar refractivity (Wildman–Crippen MR) is 70.6 cm³/mol. The van der Waals surface area contributed by atoms with Crippen LogP contribution in [-0.4, -0.2) is 47.5 Å². The summed E-state index contributed by atoms with van der Waals surface area (Å²) in [6, 6.07) is 0.0768. The molecule has 0 aromatic rings. The number of allylic oxidation sites excluding steroid dienone is 1. The Morgan fingerprint density at radius 1 is 1.10 bits per heavy atom. The lowest BCUT2D eigenvalue weighted by Crippen LogP contribution is -2.54. The molecule has 20 heavy (non-hydrogen) atoms. The van der Waals surface area contributed by atoms with Crippen LogP contribution in [0.3, 0.4) is 0 Å². The quantitative estimate of drug-likeness (QED) is 0.742. The number of ether oxygens (including phenoxy) is 2. The van der Waals surface area contributed by atoms with Crippen LogP contribution in [0, 0.1) is 17.8 Å². The summed E-state index contributed by atoms with van der Waals surface area (Å²) in [6.45, 7) is 7.95. The fraction of sp³-hybridized carbons (Fsp3) is 0.714. The molecule has 0 aromatic heterocycles. The molecule has 3 fully saturated rings. The first-order chi connectivity index (χ1) is 9.65. The predicted octanol–water partition coefficient (Wildman–Crippen LogP) is 2.02. The van der Waals surface area contributed by atoms with Gasteiger partial charge in [-0.2, -0.15) is 0 Å². The molecule has 0 aromatic carbocycles. The molecule has 2 bridgehead atoms. The third-order valence-electron chi connectivity index (χ3n) is 4.61. The van der Waals surface area contributed by atoms with Crippen LogP contribution in [0.4, 0.5) is 9.59 Å². The van der Waals surface area contributed by atoms with E-state index in [1.165, 1.54) is 10.0 Å². The van der Waals surface area contributed by atoms with Gasteiger partial charge in [0.2, 0.25) is 0 Å². The van der Waals surface area contributed by atoms with E-state index in [2.05, 4.69) is 6.58 Å². The molecule has 1 saturated heterocycles. The van der Waals surface area contributed by atoms with Crippen molar-refractivity contribution in [3.8, 4) is 0 Å². The van der Waals surface area contributed by atoms with Crippen molar-refractivity contribution in [2.45, 2.75) is 32.4 Å². The SMILES string of the molecule is C=CC1C2C1C1CC2N(C(=O)OCC)N1C(=O)OCC. The summed E-state index contributed by atoms with van der Waals surface area (Å²) < 4.78 is 10.2. The molecular formula is C14H20N2O4. The first-order valence-corrected chi connectivity index (χ1v) is 7.20. The van der Waals surface area contributed by atoms with E-state index >= 15 is 0 Å². The molecule has 1 aliphatic heterocycles. The second-order valence-corrected chi connectivity index (χ2v) is 5.43. The summed E-state index contributed by atoms with van der Waals surface area (Å²) in [4.78, 5) is 24.3. The van der Waals surface area contributed by atoms with Crippen molar-refractivity contribution in [3.05, 3.63) is 12.7 Å². The Balaban J connectivity index is 1.84. The zero-order valence-corrected chi connectivity index (χ0v) is 11.8. The van der Waals surface area contributed by atoms with Gasteiger partial charge in [0.05, 0.1) is 25.3 Å². The van der Waals surface area contributed by atoms with E-state index < -0.39 is 12.2 Å². The minimum absolute atomic E-state index is 0.0384. The molecule has 110 valence electrons. The third kappa shape index (κ3) is 1.63. The Hall–Kier alpha value is -1.72. The topological polar surface area (TPSA) is 59.1 Å². The van der Waals surface area contributed by atoms with E-state index in [0.717, 1.165) is 6.42 Å². The first kappa shape index (κ1) is 13.3. The Labute approximate surface area is 118 Å². The average Bonchev–Trinajstić information content (AvgIpc) is 2.88. The minimum Gasteiger partial charge on any atom is -0.448 e. The van der Waals surface area contributed by atoms with Gasteiger partial charge in [0, 0.05) is 0 Å². The maximum absolute atomic E-state index is 12.1. The van der Waals surface area contributed by atoms with Crippen molar-refractivity contribution >= 4 is 12.2 Å². The number of carbonyl (C=O) groups excluding carboxylic acids is 2. The molecule has 0 radical (unpaired) electrons. The number of rotatable bonds is 3. The van der Waals surface area contributed by atoms with Gasteiger partial charge in [0.15, 0.2) is 0 Å². The molecule has 6 heteroatoms. The summed E-state index contributed by atoms with van der Waals surface area (Å²) in [5.41, 5.74) is 0. The number of fused-ring (bicyclic) bond motifs is 5. The number of carbonyl (C=O) groups is 2. The fourth-order valence-electron chi connectivity index (χ4n) is 3.96. The maximum atomic E-state index is 12.1. The molecule has 4 unspecified atom stereocenters. The van der Waals surface area contributed by atoms with Crippen molar-refractivity contribution in [3.63, 3.8) is 0 Å². The first-order valence-electron chi connectivity index (χ1n) is 7.20. The smallest absolute Gasteiger partial charge is 0.429 e. The van der Waals surface area contributed by atoms with E-state index in [-0.39, 0.29) is 12.1 Å². The van der Waals surface area contributed by atoms with Crippen molar-refractivity contribution < 1.29 is 19.1 Å². The number of hydrazine groups is 1. The Morgan fingerprint density at radius 2 is 1.55 bits per heavy atom. The van der Waals surface area contributed by atoms with Crippen molar-refractivity contribution in [1.29, 1.82) is 0 Å². The van der Waals surface area contributed by atoms with Crippen LogP contribution in [-0.2, 0) is 9.47 Å². The molecule has 4 atom stereocenters. The summed E-state index contributed by atoms with van der Waals surface area (Å²) in [6.07, 6.45) is 1.84. The number of nitrogens with zero attached hydrogens (tertiary/aromatic N) is 2. The zero-order chi connectivity index (χ0) is 14.4. The van der Waals surface area contributed by atoms with Crippen molar-refractivity contribution in [2.24, 2.45) is 17.8 Å². The molecule has 2 aliphatic carbocycles. The summed E-state index contributed by atoms with van der Waals surface area (Å²) >= 11 is 0. The highest BCUT2D eigenvalue weighted by molar-refractivity contribution is 5.76. The second-order valence-electron chi connectivity index (χ2n) is 5.43. The lowest BCUT2D eigenvalue weighted by molar-refractivity contribution is -0.0407. The molecule has 2 amide bonds. The highest BCUT2D eigenvalue weighted by atomic mass is 16.6. The molecule has 1 heterocycles. The molecular weight excluding hydrogens is 260 g/mol. The molecule has 0 spiro atoms. The zero-order valence-electron chi connectivity index (χ0n) is 11.8. The van der Waals surface area contributed by atoms with Crippen molar-refractivity contribution in [2.75, 3.05) is 13.2 Å². The lowest BCUT2D eigenvalue weighted by atomic mass is 10.1. The highest BCUT2D eigenvalue weighted by Gasteiger charge is 2.72. The van der Waals surface area contributed by atoms with E-state index in [1.807, 2.05) is 6.08 Å². The van der Waals surface area contributed by atoms with Crippen LogP contribution in [0.15, 0.2) is 12.7 Å². The van der Waals surface area contributed by atoms with E-state index in [9.17, 15) is 9.59 Å². The third-order valence-corrected chi connectivity index (χ3v) is 4.61. The monoisotopic (exact) mass is 280 g/mol. The molecule has 3 aliphatic rings. The second kappa shape index (κ2) is 4.68. The van der Waals surface area contributed by atoms with Crippen LogP contribution in [0.25, 0.3) is 0 Å². The Bertz CT molecular complexity index is 416. The van der Waals surface area contributed by atoms with Gasteiger partial charge in [-0.15, -0.1) is 6.58 Å². The molecule has 0 N–H and O–H groups in total. The van der Waals surface area contributed by atoms with Gasteiger partial charge in [-0.05, 0) is 38.0 Å². The lowest BCUT2D eigenvalue weighted by Gasteiger charge is -2.35. The van der Waals surface area contributed by atoms with E-state index in [0.29, 0.717) is 31.0 Å². The standard InChI is InChI=1S/C14H20N2O4/c1-4-8-11-9-7-10(12(8)11)16(14(18)20-6-3)15(9)13(17)19-5-2/h4,8-12H,1,5-7H2,2-3H3. The van der Waals surface area contributed by atoms with Gasteiger partial charge in [-0.25, -0.2) is 19.6 Å². The van der Waals surface area contributed by atoms with Crippen LogP contribution < -0.4 is 0 Å². The summed E-state index contributed by atoms with van der Waals surface area (Å²) in [5, 5.41) is 2.94. The number of hydrogen-bond donors (Lipinski definition) is 0. The van der Waals surface area contributed by atoms with Gasteiger partial charge < -0.3 is 9.47 Å². The summed E-state index contributed by atoms with van der Waals surface area (Å²) in [7, 11) is 0. The van der Waals surface area contributed by atoms with E-state index in [4.69, 9.17) is 9.47 Å².